The number of carbonyl (C=O) groups excluding carboxylic acids is 3. The van der Waals surface area contributed by atoms with Gasteiger partial charge < -0.3 is 23.6 Å². The molecule has 35 heavy (non-hydrogen) atoms. The average molecular weight is 534 g/mol. The van der Waals surface area contributed by atoms with Gasteiger partial charge in [-0.2, -0.15) is 9.38 Å². The van der Waals surface area contributed by atoms with Gasteiger partial charge in [-0.1, -0.05) is 32.2 Å². The van der Waals surface area contributed by atoms with Crippen molar-refractivity contribution in [3.8, 4) is 0 Å². The lowest BCUT2D eigenvalue weighted by Gasteiger charge is -2.55. The van der Waals surface area contributed by atoms with Crippen LogP contribution in [-0.4, -0.2) is 82.2 Å². The van der Waals surface area contributed by atoms with Crippen molar-refractivity contribution >= 4 is 37.9 Å². The Labute approximate surface area is 213 Å². The first-order chi connectivity index (χ1) is 16.5. The van der Waals surface area contributed by atoms with Crippen LogP contribution >= 0.6 is 20.8 Å². The molecule has 1 saturated heterocycles. The van der Waals surface area contributed by atoms with E-state index in [1.54, 1.807) is 27.0 Å². The SMILES string of the molecule is C=C(C)OCCC(CC(O)[N+]12C=C(C)C(=O)N(C1=O)C2C)OPOCCOCCSC(=O)C(C)C. The van der Waals surface area contributed by atoms with Gasteiger partial charge in [-0.05, 0) is 13.8 Å². The third kappa shape index (κ3) is 7.58. The molecule has 0 aromatic rings. The van der Waals surface area contributed by atoms with Crippen LogP contribution in [-0.2, 0) is 28.1 Å². The Kier molecular flexibility index (Phi) is 11.8. The predicted molar refractivity (Wildman–Crippen MR) is 134 cm³/mol. The van der Waals surface area contributed by atoms with E-state index in [9.17, 15) is 19.5 Å². The number of urea groups is 1. The highest BCUT2D eigenvalue weighted by molar-refractivity contribution is 8.13. The van der Waals surface area contributed by atoms with Gasteiger partial charge in [-0.15, -0.1) is 0 Å². The number of imide groups is 1. The highest BCUT2D eigenvalue weighted by atomic mass is 32.2. The van der Waals surface area contributed by atoms with Gasteiger partial charge in [0.15, 0.2) is 20.3 Å². The van der Waals surface area contributed by atoms with Crippen LogP contribution in [0.3, 0.4) is 0 Å². The molecule has 3 heterocycles. The fourth-order valence-electron chi connectivity index (χ4n) is 3.80. The van der Waals surface area contributed by atoms with E-state index < -0.39 is 24.5 Å². The number of thioether (sulfide) groups is 1. The van der Waals surface area contributed by atoms with Crippen LogP contribution in [0.5, 0.6) is 0 Å². The molecule has 12 heteroatoms. The molecule has 1 N–H and O–H groups in total. The molecule has 0 aromatic carbocycles. The number of ether oxygens (including phenoxy) is 2. The summed E-state index contributed by atoms with van der Waals surface area (Å²) in [6, 6.07) is -0.429. The summed E-state index contributed by atoms with van der Waals surface area (Å²) in [6.45, 7) is 14.1. The molecule has 3 aliphatic heterocycles. The second-order valence-corrected chi connectivity index (χ2v) is 10.7. The van der Waals surface area contributed by atoms with E-state index in [2.05, 4.69) is 6.58 Å². The first-order valence-electron chi connectivity index (χ1n) is 11.7. The fourth-order valence-corrected chi connectivity index (χ4v) is 5.12. The number of aliphatic hydroxyl groups excluding tert-OH is 1. The number of allylic oxidation sites excluding steroid dienone is 1. The Morgan fingerprint density at radius 2 is 2.00 bits per heavy atom. The third-order valence-corrected chi connectivity index (χ3v) is 7.67. The monoisotopic (exact) mass is 533 g/mol. The van der Waals surface area contributed by atoms with Gasteiger partial charge >= 0.3 is 6.03 Å². The zero-order valence-electron chi connectivity index (χ0n) is 21.2. The van der Waals surface area contributed by atoms with Gasteiger partial charge in [-0.25, -0.2) is 4.79 Å². The van der Waals surface area contributed by atoms with Gasteiger partial charge in [0.2, 0.25) is 6.23 Å². The maximum atomic E-state index is 12.7. The van der Waals surface area contributed by atoms with E-state index >= 15 is 0 Å². The average Bonchev–Trinajstić information content (AvgIpc) is 2.79. The molecule has 3 amide bonds. The van der Waals surface area contributed by atoms with Crippen LogP contribution in [0.15, 0.2) is 24.1 Å². The molecule has 3 aliphatic rings. The van der Waals surface area contributed by atoms with Crippen molar-refractivity contribution < 1.29 is 42.5 Å². The standard InChI is InChI=1S/C23H38N2O8PS/c1-15(2)22(28)35-12-11-30-9-10-32-34-33-19(7-8-31-16(3)4)13-20(26)25-14-17(5)21(27)24(18(25)6)23(25)29/h14-15,18-20,26,34H,3,7-13H2,1-2,4-6H3/q+1. The van der Waals surface area contributed by atoms with Crippen molar-refractivity contribution in [3.63, 3.8) is 0 Å². The number of hydrogen-bond donors (Lipinski definition) is 1. The molecule has 0 spiro atoms. The van der Waals surface area contributed by atoms with Gasteiger partial charge in [0, 0.05) is 25.0 Å². The first kappa shape index (κ1) is 29.9. The molecule has 0 aromatic heterocycles. The maximum Gasteiger partial charge on any atom is 0.439 e. The number of amides is 3. The number of aliphatic hydroxyl groups is 1. The van der Waals surface area contributed by atoms with Crippen molar-refractivity contribution in [3.05, 3.63) is 24.1 Å². The topological polar surface area (TPSA) is 112 Å². The zero-order valence-corrected chi connectivity index (χ0v) is 23.0. The lowest BCUT2D eigenvalue weighted by atomic mass is 10.0. The Morgan fingerprint density at radius 3 is 2.63 bits per heavy atom. The number of quaternary nitrogens is 1. The van der Waals surface area contributed by atoms with Crippen molar-refractivity contribution in [1.29, 1.82) is 0 Å². The van der Waals surface area contributed by atoms with E-state index in [1.165, 1.54) is 16.7 Å². The summed E-state index contributed by atoms with van der Waals surface area (Å²) in [4.78, 5) is 37.6. The summed E-state index contributed by atoms with van der Waals surface area (Å²) >= 11 is 1.27. The Bertz CT molecular complexity index is 823. The second-order valence-electron chi connectivity index (χ2n) is 8.90. The van der Waals surface area contributed by atoms with Crippen molar-refractivity contribution in [2.75, 3.05) is 32.2 Å². The summed E-state index contributed by atoms with van der Waals surface area (Å²) in [5, 5.41) is 11.2. The number of fused-ring (bicyclic) bond motifs is 1. The third-order valence-electron chi connectivity index (χ3n) is 5.79. The van der Waals surface area contributed by atoms with E-state index in [0.717, 1.165) is 0 Å². The molecule has 0 radical (unpaired) electrons. The highest BCUT2D eigenvalue weighted by Gasteiger charge is 2.68. The van der Waals surface area contributed by atoms with E-state index in [1.807, 2.05) is 13.8 Å². The molecule has 0 saturated carbocycles. The van der Waals surface area contributed by atoms with Crippen LogP contribution in [0.4, 0.5) is 4.79 Å². The zero-order chi connectivity index (χ0) is 26.2. The normalized spacial score (nSPS) is 23.5. The molecule has 10 nitrogen and oxygen atoms in total. The second kappa shape index (κ2) is 13.8. The highest BCUT2D eigenvalue weighted by Crippen LogP contribution is 2.42. The largest absolute Gasteiger partial charge is 0.499 e. The molecule has 5 unspecified atom stereocenters. The number of carbonyl (C=O) groups is 3. The van der Waals surface area contributed by atoms with Crippen molar-refractivity contribution in [2.24, 2.45) is 5.92 Å². The van der Waals surface area contributed by atoms with Crippen molar-refractivity contribution in [2.45, 2.75) is 66.0 Å². The van der Waals surface area contributed by atoms with E-state index in [-0.39, 0.29) is 36.9 Å². The van der Waals surface area contributed by atoms with Gasteiger partial charge in [0.05, 0.1) is 50.3 Å². The minimum Gasteiger partial charge on any atom is -0.499 e. The minimum atomic E-state index is -1.08. The predicted octanol–water partition coefficient (Wildman–Crippen LogP) is 3.52. The summed E-state index contributed by atoms with van der Waals surface area (Å²) in [5.74, 6) is 0.870. The number of rotatable bonds is 17. The Morgan fingerprint density at radius 1 is 1.29 bits per heavy atom. The van der Waals surface area contributed by atoms with Crippen LogP contribution in [0.2, 0.25) is 0 Å². The molecule has 2 bridgehead atoms. The fraction of sp³-hybridized carbons (Fsp3) is 0.696. The molecule has 0 aliphatic carbocycles. The van der Waals surface area contributed by atoms with Gasteiger partial charge in [-0.3, -0.25) is 9.59 Å². The molecular formula is C23H38N2O8PS+. The lowest BCUT2D eigenvalue weighted by Crippen LogP contribution is -2.82. The quantitative estimate of drug-likeness (QED) is 0.130. The Hall–Kier alpha value is -1.33. The minimum absolute atomic E-state index is 0.0116. The summed E-state index contributed by atoms with van der Waals surface area (Å²) in [7, 11) is -0.287. The molecular weight excluding hydrogens is 495 g/mol. The van der Waals surface area contributed by atoms with Gasteiger partial charge in [0.25, 0.3) is 5.91 Å². The summed E-state index contributed by atoms with van der Waals surface area (Å²) in [6.07, 6.45) is 0.192. The molecule has 1 fully saturated rings. The van der Waals surface area contributed by atoms with E-state index in [0.29, 0.717) is 49.9 Å². The van der Waals surface area contributed by atoms with E-state index in [4.69, 9.17) is 18.5 Å². The number of hydrogen-bond acceptors (Lipinski definition) is 9. The maximum absolute atomic E-state index is 12.7. The number of nitrogens with zero attached hydrogens (tertiary/aromatic N) is 2. The van der Waals surface area contributed by atoms with Crippen LogP contribution in [0.1, 0.15) is 47.5 Å². The van der Waals surface area contributed by atoms with Crippen LogP contribution < -0.4 is 0 Å². The summed E-state index contributed by atoms with van der Waals surface area (Å²) in [5.41, 5.74) is 0.432. The molecule has 5 atom stereocenters. The molecule has 198 valence electrons. The molecule has 3 rings (SSSR count). The smallest absolute Gasteiger partial charge is 0.439 e. The first-order valence-corrected chi connectivity index (χ1v) is 13.5. The Balaban J connectivity index is 1.79. The summed E-state index contributed by atoms with van der Waals surface area (Å²) < 4.78 is 22.0. The lowest BCUT2D eigenvalue weighted by molar-refractivity contribution is -0.923. The van der Waals surface area contributed by atoms with Crippen molar-refractivity contribution in [1.82, 2.24) is 4.90 Å². The van der Waals surface area contributed by atoms with Crippen LogP contribution in [0, 0.1) is 5.92 Å². The van der Waals surface area contributed by atoms with Crippen LogP contribution in [0.25, 0.3) is 0 Å². The van der Waals surface area contributed by atoms with Gasteiger partial charge in [0.1, 0.15) is 6.20 Å².